The molecule has 37 heavy (non-hydrogen) atoms. The second-order valence-electron chi connectivity index (χ2n) is 8.20. The van der Waals surface area contributed by atoms with Crippen molar-refractivity contribution in [2.45, 2.75) is 25.6 Å². The fourth-order valence-corrected chi connectivity index (χ4v) is 3.24. The highest BCUT2D eigenvalue weighted by Crippen LogP contribution is 2.10. The summed E-state index contributed by atoms with van der Waals surface area (Å²) in [7, 11) is 0. The van der Waals surface area contributed by atoms with Gasteiger partial charge >= 0.3 is 0 Å². The monoisotopic (exact) mass is 500 g/mol. The van der Waals surface area contributed by atoms with Gasteiger partial charge in [0.05, 0.1) is 6.54 Å². The number of hydrogen-bond acceptors (Lipinski definition) is 7. The number of aromatic nitrogens is 1. The van der Waals surface area contributed by atoms with Crippen molar-refractivity contribution in [3.05, 3.63) is 95.3 Å². The first kappa shape index (κ1) is 27.0. The van der Waals surface area contributed by atoms with Crippen molar-refractivity contribution in [1.29, 1.82) is 0 Å². The van der Waals surface area contributed by atoms with Gasteiger partial charge in [0.1, 0.15) is 6.04 Å². The van der Waals surface area contributed by atoms with E-state index in [9.17, 15) is 14.4 Å². The molecule has 0 unspecified atom stereocenters. The lowest BCUT2D eigenvalue weighted by Crippen LogP contribution is -2.54. The molecule has 7 N–H and O–H groups in total. The molecule has 3 amide bonds. The van der Waals surface area contributed by atoms with Gasteiger partial charge in [-0.3, -0.25) is 24.6 Å². The summed E-state index contributed by atoms with van der Waals surface area (Å²) >= 11 is 0. The van der Waals surface area contributed by atoms with E-state index in [1.165, 1.54) is 5.48 Å². The van der Waals surface area contributed by atoms with Crippen molar-refractivity contribution in [2.75, 3.05) is 11.9 Å². The molecule has 2 aromatic carbocycles. The predicted molar refractivity (Wildman–Crippen MR) is 138 cm³/mol. The van der Waals surface area contributed by atoms with Crippen molar-refractivity contribution in [3.63, 3.8) is 0 Å². The zero-order chi connectivity index (χ0) is 26.6. The third-order valence-corrected chi connectivity index (χ3v) is 5.24. The standard InChI is InChI=1S/C27H28N6O4/c1-18(28)25(27(36)33-37)32-26(35)22-8-4-19(5-9-22)2-3-20-6-10-23(11-7-20)31-24(34)17-30-16-21-12-14-29-15-13-21/h4-15,18,25,30,37H,16-17,28H2,1H3,(H,31,34)(H,32,35)(H,33,36)/t18-,25+/m1/s1. The number of amides is 3. The fraction of sp³-hybridized carbons (Fsp3) is 0.185. The lowest BCUT2D eigenvalue weighted by Gasteiger charge is -2.20. The molecule has 2 atom stereocenters. The van der Waals surface area contributed by atoms with Crippen LogP contribution in [0.5, 0.6) is 0 Å². The van der Waals surface area contributed by atoms with Crippen LogP contribution in [0, 0.1) is 11.8 Å². The van der Waals surface area contributed by atoms with Crippen LogP contribution in [0.25, 0.3) is 0 Å². The molecule has 0 saturated heterocycles. The minimum absolute atomic E-state index is 0.152. The Kier molecular flexibility index (Phi) is 9.87. The number of rotatable bonds is 9. The molecule has 10 heteroatoms. The Hall–Kier alpha value is -4.56. The van der Waals surface area contributed by atoms with E-state index < -0.39 is 23.9 Å². The second kappa shape index (κ2) is 13.5. The lowest BCUT2D eigenvalue weighted by atomic mass is 10.1. The maximum absolute atomic E-state index is 12.4. The topological polar surface area (TPSA) is 158 Å². The third kappa shape index (κ3) is 8.55. The van der Waals surface area contributed by atoms with E-state index in [2.05, 4.69) is 32.8 Å². The molecule has 1 heterocycles. The number of pyridine rings is 1. The molecule has 190 valence electrons. The average Bonchev–Trinajstić information content (AvgIpc) is 2.91. The Morgan fingerprint density at radius 1 is 0.946 bits per heavy atom. The number of carbonyl (C=O) groups is 3. The Morgan fingerprint density at radius 2 is 1.54 bits per heavy atom. The summed E-state index contributed by atoms with van der Waals surface area (Å²) in [6, 6.07) is 15.7. The van der Waals surface area contributed by atoms with Crippen molar-refractivity contribution in [2.24, 2.45) is 5.73 Å². The van der Waals surface area contributed by atoms with Crippen LogP contribution in [0.15, 0.2) is 73.1 Å². The molecule has 3 rings (SSSR count). The van der Waals surface area contributed by atoms with E-state index in [0.29, 0.717) is 23.4 Å². The van der Waals surface area contributed by atoms with Crippen LogP contribution in [0.2, 0.25) is 0 Å². The number of carbonyl (C=O) groups excluding carboxylic acids is 3. The van der Waals surface area contributed by atoms with Crippen LogP contribution >= 0.6 is 0 Å². The van der Waals surface area contributed by atoms with Crippen LogP contribution < -0.4 is 27.2 Å². The van der Waals surface area contributed by atoms with E-state index in [1.807, 2.05) is 12.1 Å². The summed E-state index contributed by atoms with van der Waals surface area (Å²) in [6.07, 6.45) is 3.41. The molecular formula is C27H28N6O4. The van der Waals surface area contributed by atoms with Crippen LogP contribution in [0.1, 0.15) is 34.0 Å². The zero-order valence-electron chi connectivity index (χ0n) is 20.2. The SMILES string of the molecule is C[C@@H](N)[C@H](NC(=O)c1ccc(C#Cc2ccc(NC(=O)CNCc3ccncc3)cc2)cc1)C(=O)NO. The summed E-state index contributed by atoms with van der Waals surface area (Å²) in [4.78, 5) is 40.2. The maximum Gasteiger partial charge on any atom is 0.267 e. The highest BCUT2D eigenvalue weighted by Gasteiger charge is 2.24. The lowest BCUT2D eigenvalue weighted by molar-refractivity contribution is -0.131. The molecular weight excluding hydrogens is 472 g/mol. The summed E-state index contributed by atoms with van der Waals surface area (Å²) in [6.45, 7) is 2.30. The van der Waals surface area contributed by atoms with Gasteiger partial charge in [-0.15, -0.1) is 0 Å². The van der Waals surface area contributed by atoms with Gasteiger partial charge in [0.25, 0.3) is 11.8 Å². The van der Waals surface area contributed by atoms with E-state index in [0.717, 1.165) is 11.1 Å². The van der Waals surface area contributed by atoms with Crippen molar-refractivity contribution in [1.82, 2.24) is 21.1 Å². The molecule has 0 bridgehead atoms. The molecule has 0 aliphatic carbocycles. The van der Waals surface area contributed by atoms with Crippen molar-refractivity contribution in [3.8, 4) is 11.8 Å². The number of anilines is 1. The van der Waals surface area contributed by atoms with Crippen molar-refractivity contribution >= 4 is 23.4 Å². The van der Waals surface area contributed by atoms with Crippen LogP contribution in [0.4, 0.5) is 5.69 Å². The highest BCUT2D eigenvalue weighted by molar-refractivity contribution is 5.97. The molecule has 1 aromatic heterocycles. The highest BCUT2D eigenvalue weighted by atomic mass is 16.5. The number of nitrogens with two attached hydrogens (primary N) is 1. The summed E-state index contributed by atoms with van der Waals surface area (Å²) in [5, 5.41) is 17.2. The first-order valence-electron chi connectivity index (χ1n) is 11.5. The Labute approximate surface area is 214 Å². The molecule has 0 aliphatic heterocycles. The first-order chi connectivity index (χ1) is 17.9. The second-order valence-corrected chi connectivity index (χ2v) is 8.20. The summed E-state index contributed by atoms with van der Waals surface area (Å²) in [5.74, 6) is 4.60. The van der Waals surface area contributed by atoms with Crippen LogP contribution in [0.3, 0.4) is 0 Å². The van der Waals surface area contributed by atoms with Gasteiger partial charge in [0, 0.05) is 47.4 Å². The molecule has 0 aliphatic rings. The van der Waals surface area contributed by atoms with E-state index in [-0.39, 0.29) is 12.5 Å². The Bertz CT molecular complexity index is 1270. The first-order valence-corrected chi connectivity index (χ1v) is 11.5. The fourth-order valence-electron chi connectivity index (χ4n) is 3.24. The third-order valence-electron chi connectivity index (χ3n) is 5.24. The van der Waals surface area contributed by atoms with E-state index >= 15 is 0 Å². The molecule has 0 fully saturated rings. The summed E-state index contributed by atoms with van der Waals surface area (Å²) < 4.78 is 0. The van der Waals surface area contributed by atoms with Gasteiger partial charge in [-0.2, -0.15) is 0 Å². The Morgan fingerprint density at radius 3 is 2.11 bits per heavy atom. The largest absolute Gasteiger partial charge is 0.339 e. The van der Waals surface area contributed by atoms with Gasteiger partial charge in [0.15, 0.2) is 0 Å². The number of nitrogens with zero attached hydrogens (tertiary/aromatic N) is 1. The summed E-state index contributed by atoms with van der Waals surface area (Å²) in [5.41, 5.74) is 10.7. The molecule has 10 nitrogen and oxygen atoms in total. The van der Waals surface area contributed by atoms with Crippen LogP contribution in [-0.4, -0.2) is 46.5 Å². The van der Waals surface area contributed by atoms with Gasteiger partial charge in [-0.25, -0.2) is 5.48 Å². The maximum atomic E-state index is 12.4. The van der Waals surface area contributed by atoms with Gasteiger partial charge in [0.2, 0.25) is 5.91 Å². The minimum Gasteiger partial charge on any atom is -0.339 e. The molecule has 0 radical (unpaired) electrons. The quantitative estimate of drug-likeness (QED) is 0.146. The van der Waals surface area contributed by atoms with Crippen LogP contribution in [-0.2, 0) is 16.1 Å². The Balaban J connectivity index is 1.51. The van der Waals surface area contributed by atoms with E-state index in [4.69, 9.17) is 10.9 Å². The zero-order valence-corrected chi connectivity index (χ0v) is 20.2. The number of benzene rings is 2. The van der Waals surface area contributed by atoms with Gasteiger partial charge in [-0.05, 0) is 73.2 Å². The van der Waals surface area contributed by atoms with E-state index in [1.54, 1.807) is 67.8 Å². The van der Waals surface area contributed by atoms with Gasteiger partial charge < -0.3 is 21.7 Å². The van der Waals surface area contributed by atoms with Gasteiger partial charge in [-0.1, -0.05) is 11.8 Å². The smallest absolute Gasteiger partial charge is 0.267 e. The predicted octanol–water partition coefficient (Wildman–Crippen LogP) is 1.16. The average molecular weight is 501 g/mol. The number of nitrogens with one attached hydrogen (secondary N) is 4. The number of hydroxylamine groups is 1. The normalized spacial score (nSPS) is 11.9. The minimum atomic E-state index is -1.08. The molecule has 0 saturated carbocycles. The molecule has 0 spiro atoms. The number of hydrogen-bond donors (Lipinski definition) is 6. The van der Waals surface area contributed by atoms with Crippen molar-refractivity contribution < 1.29 is 19.6 Å². The molecule has 3 aromatic rings.